The summed E-state index contributed by atoms with van der Waals surface area (Å²) in [5.41, 5.74) is 2.58. The third-order valence-corrected chi connectivity index (χ3v) is 4.89. The van der Waals surface area contributed by atoms with Gasteiger partial charge in [0.05, 0.1) is 17.8 Å². The van der Waals surface area contributed by atoms with Crippen molar-refractivity contribution < 1.29 is 9.59 Å². The molecule has 144 valence electrons. The molecule has 2 heterocycles. The fourth-order valence-electron chi connectivity index (χ4n) is 3.23. The highest BCUT2D eigenvalue weighted by Crippen LogP contribution is 2.18. The van der Waals surface area contributed by atoms with Crippen LogP contribution in [0.25, 0.3) is 10.9 Å². The van der Waals surface area contributed by atoms with Gasteiger partial charge in [-0.1, -0.05) is 72.3 Å². The molecule has 0 saturated heterocycles. The first-order valence-electron chi connectivity index (χ1n) is 9.18. The van der Waals surface area contributed by atoms with Gasteiger partial charge in [0, 0.05) is 17.4 Å². The fraction of sp³-hybridized carbons (Fsp3) is 0.0870. The van der Waals surface area contributed by atoms with Crippen molar-refractivity contribution >= 4 is 34.2 Å². The zero-order valence-corrected chi connectivity index (χ0v) is 16.2. The lowest BCUT2D eigenvalue weighted by molar-refractivity contribution is 0.0855. The number of amides is 1. The van der Waals surface area contributed by atoms with Crippen molar-refractivity contribution in [3.8, 4) is 0 Å². The summed E-state index contributed by atoms with van der Waals surface area (Å²) in [5.74, 6) is -0.494. The van der Waals surface area contributed by atoms with Gasteiger partial charge in [-0.15, -0.1) is 0 Å². The summed E-state index contributed by atoms with van der Waals surface area (Å²) in [6, 6.07) is 21.3. The van der Waals surface area contributed by atoms with Crippen LogP contribution in [0.15, 0.2) is 79.0 Å². The van der Waals surface area contributed by atoms with Gasteiger partial charge in [0.25, 0.3) is 5.91 Å². The third-order valence-electron chi connectivity index (χ3n) is 4.68. The monoisotopic (exact) mass is 403 g/mol. The molecule has 2 aromatic heterocycles. The average Bonchev–Trinajstić information content (AvgIpc) is 3.17. The summed E-state index contributed by atoms with van der Waals surface area (Å²) < 4.78 is 0. The minimum absolute atomic E-state index is 0.136. The summed E-state index contributed by atoms with van der Waals surface area (Å²) in [6.45, 7) is 0. The molecule has 0 fully saturated rings. The van der Waals surface area contributed by atoms with Crippen molar-refractivity contribution in [3.05, 3.63) is 101 Å². The van der Waals surface area contributed by atoms with Crippen LogP contribution < -0.4 is 5.32 Å². The Morgan fingerprint density at radius 3 is 2.41 bits per heavy atom. The van der Waals surface area contributed by atoms with Gasteiger partial charge >= 0.3 is 0 Å². The molecule has 1 atom stereocenters. The second-order valence-electron chi connectivity index (χ2n) is 6.72. The zero-order chi connectivity index (χ0) is 20.2. The molecule has 0 bridgehead atoms. The van der Waals surface area contributed by atoms with E-state index < -0.39 is 6.04 Å². The van der Waals surface area contributed by atoms with E-state index in [1.807, 2.05) is 48.5 Å². The molecular formula is C23H18ClN3O2. The van der Waals surface area contributed by atoms with Gasteiger partial charge in [0.2, 0.25) is 0 Å². The maximum Gasteiger partial charge on any atom is 0.268 e. The summed E-state index contributed by atoms with van der Waals surface area (Å²) in [7, 11) is 0. The van der Waals surface area contributed by atoms with Crippen molar-refractivity contribution in [2.24, 2.45) is 0 Å². The number of aromatic nitrogens is 2. The Bertz CT molecular complexity index is 1160. The number of rotatable bonds is 6. The van der Waals surface area contributed by atoms with Gasteiger partial charge in [-0.05, 0) is 17.7 Å². The number of Topliss-reactive ketones (excluding diaryl/α,β-unsaturated/α-hetero) is 1. The Morgan fingerprint density at radius 1 is 1.00 bits per heavy atom. The zero-order valence-electron chi connectivity index (χ0n) is 15.4. The van der Waals surface area contributed by atoms with E-state index in [-0.39, 0.29) is 11.7 Å². The van der Waals surface area contributed by atoms with E-state index in [4.69, 9.17) is 11.6 Å². The molecule has 0 aliphatic carbocycles. The Balaban J connectivity index is 1.61. The van der Waals surface area contributed by atoms with Crippen LogP contribution in [0, 0.1) is 0 Å². The van der Waals surface area contributed by atoms with Gasteiger partial charge < -0.3 is 10.3 Å². The van der Waals surface area contributed by atoms with E-state index in [1.54, 1.807) is 30.5 Å². The van der Waals surface area contributed by atoms with Crippen molar-refractivity contribution in [2.75, 3.05) is 0 Å². The van der Waals surface area contributed by atoms with Crippen LogP contribution in [0.5, 0.6) is 0 Å². The van der Waals surface area contributed by atoms with Crippen molar-refractivity contribution in [1.29, 1.82) is 0 Å². The molecule has 2 aromatic carbocycles. The van der Waals surface area contributed by atoms with E-state index in [2.05, 4.69) is 15.3 Å². The average molecular weight is 404 g/mol. The summed E-state index contributed by atoms with van der Waals surface area (Å²) in [6.07, 6.45) is 1.97. The number of nitrogens with one attached hydrogen (secondary N) is 2. The second kappa shape index (κ2) is 8.29. The number of ketones is 1. The lowest BCUT2D eigenvalue weighted by Gasteiger charge is -2.18. The van der Waals surface area contributed by atoms with Gasteiger partial charge in [-0.25, -0.2) is 4.98 Å². The molecule has 6 heteroatoms. The van der Waals surface area contributed by atoms with Crippen molar-refractivity contribution in [3.63, 3.8) is 0 Å². The van der Waals surface area contributed by atoms with Gasteiger partial charge in [0.1, 0.15) is 10.8 Å². The lowest BCUT2D eigenvalue weighted by atomic mass is 9.97. The van der Waals surface area contributed by atoms with Gasteiger partial charge in [-0.3, -0.25) is 9.59 Å². The molecule has 1 unspecified atom stereocenters. The predicted molar refractivity (Wildman–Crippen MR) is 113 cm³/mol. The summed E-state index contributed by atoms with van der Waals surface area (Å²) >= 11 is 5.92. The van der Waals surface area contributed by atoms with Crippen molar-refractivity contribution in [1.82, 2.24) is 15.3 Å². The molecule has 29 heavy (non-hydrogen) atoms. The highest BCUT2D eigenvalue weighted by Gasteiger charge is 2.24. The van der Waals surface area contributed by atoms with E-state index in [0.717, 1.165) is 10.9 Å². The summed E-state index contributed by atoms with van der Waals surface area (Å²) in [5, 5.41) is 4.02. The number of hydrogen-bond acceptors (Lipinski definition) is 3. The molecule has 0 spiro atoms. The van der Waals surface area contributed by atoms with Crippen LogP contribution in [0.1, 0.15) is 26.4 Å². The number of pyridine rings is 1. The van der Waals surface area contributed by atoms with Crippen LogP contribution in [-0.4, -0.2) is 27.7 Å². The first-order valence-corrected chi connectivity index (χ1v) is 9.56. The number of carbonyl (C=O) groups excluding carboxylic acids is 2. The number of fused-ring (bicyclic) bond motifs is 1. The Labute approximate surface area is 172 Å². The normalized spacial score (nSPS) is 11.9. The number of benzene rings is 2. The fourth-order valence-corrected chi connectivity index (χ4v) is 3.39. The van der Waals surface area contributed by atoms with E-state index in [0.29, 0.717) is 28.3 Å². The smallest absolute Gasteiger partial charge is 0.268 e. The Morgan fingerprint density at radius 2 is 1.69 bits per heavy atom. The maximum atomic E-state index is 13.1. The number of nitrogens with zero attached hydrogens (tertiary/aromatic N) is 1. The quantitative estimate of drug-likeness (QED) is 0.369. The number of H-pyrrole nitrogens is 1. The van der Waals surface area contributed by atoms with Crippen LogP contribution in [0.4, 0.5) is 0 Å². The van der Waals surface area contributed by atoms with Gasteiger partial charge in [0.15, 0.2) is 5.78 Å². The van der Waals surface area contributed by atoms with E-state index in [1.165, 1.54) is 0 Å². The van der Waals surface area contributed by atoms with Crippen molar-refractivity contribution in [2.45, 2.75) is 12.5 Å². The minimum Gasteiger partial charge on any atom is -0.349 e. The minimum atomic E-state index is -0.694. The SMILES string of the molecule is O=C(NC(Cc1ccccc1)C(=O)c1ccccc1)c1cc2cc(Cl)ncc2[nH]1. The maximum absolute atomic E-state index is 13.1. The lowest BCUT2D eigenvalue weighted by Crippen LogP contribution is -2.42. The molecule has 0 saturated carbocycles. The Kier molecular flexibility index (Phi) is 5.40. The molecule has 4 aromatic rings. The number of aromatic amines is 1. The number of hydrogen-bond donors (Lipinski definition) is 2. The first-order chi connectivity index (χ1) is 14.1. The molecule has 0 radical (unpaired) electrons. The molecule has 0 aliphatic heterocycles. The third kappa shape index (κ3) is 4.36. The predicted octanol–water partition coefficient (Wildman–Crippen LogP) is 4.44. The number of carbonyl (C=O) groups is 2. The van der Waals surface area contributed by atoms with Crippen LogP contribution in [0.3, 0.4) is 0 Å². The highest BCUT2D eigenvalue weighted by atomic mass is 35.5. The second-order valence-corrected chi connectivity index (χ2v) is 7.11. The van der Waals surface area contributed by atoms with Crippen LogP contribution >= 0.6 is 11.6 Å². The highest BCUT2D eigenvalue weighted by molar-refractivity contribution is 6.30. The largest absolute Gasteiger partial charge is 0.349 e. The molecule has 1 amide bonds. The molecule has 2 N–H and O–H groups in total. The van der Waals surface area contributed by atoms with Crippen LogP contribution in [-0.2, 0) is 6.42 Å². The number of halogens is 1. The Hall–Kier alpha value is -3.44. The molecule has 5 nitrogen and oxygen atoms in total. The first kappa shape index (κ1) is 18.9. The van der Waals surface area contributed by atoms with E-state index >= 15 is 0 Å². The summed E-state index contributed by atoms with van der Waals surface area (Å²) in [4.78, 5) is 33.0. The molecule has 4 rings (SSSR count). The van der Waals surface area contributed by atoms with Crippen LogP contribution in [0.2, 0.25) is 5.15 Å². The topological polar surface area (TPSA) is 74.8 Å². The standard InChI is InChI=1S/C23H18ClN3O2/c24-21-13-17-12-19(26-20(17)14-25-21)23(29)27-18(11-15-7-3-1-4-8-15)22(28)16-9-5-2-6-10-16/h1-10,12-14,18,26H,11H2,(H,27,29). The van der Waals surface area contributed by atoms with Gasteiger partial charge in [-0.2, -0.15) is 0 Å². The van der Waals surface area contributed by atoms with E-state index in [9.17, 15) is 9.59 Å². The molecule has 0 aliphatic rings. The molecular weight excluding hydrogens is 386 g/mol.